The Morgan fingerprint density at radius 2 is 2.00 bits per heavy atom. The zero-order chi connectivity index (χ0) is 8.55. The lowest BCUT2D eigenvalue weighted by atomic mass is 10.1. The molecule has 0 atom stereocenters. The predicted octanol–water partition coefficient (Wildman–Crippen LogP) is 1.87. The van der Waals surface area contributed by atoms with Crippen molar-refractivity contribution >= 4 is 28.3 Å². The monoisotopic (exact) mass is 186 g/mol. The number of hydrogen-bond donors (Lipinski definition) is 1. The number of aryl methyl sites for hydroxylation is 1. The number of rotatable bonds is 0. The lowest BCUT2D eigenvalue weighted by Gasteiger charge is -2.02. The summed E-state index contributed by atoms with van der Waals surface area (Å²) >= 11 is 0. The molecule has 0 spiro atoms. The van der Waals surface area contributed by atoms with Gasteiger partial charge in [-0.3, -0.25) is 4.98 Å². The second kappa shape index (κ2) is 3.78. The van der Waals surface area contributed by atoms with E-state index in [0.717, 1.165) is 16.5 Å². The minimum atomic E-state index is 0. The van der Waals surface area contributed by atoms with Crippen LogP contribution in [0.4, 0.5) is 0 Å². The highest BCUT2D eigenvalue weighted by molar-refractivity contribution is 5.83. The first kappa shape index (κ1) is 10.0. The van der Waals surface area contributed by atoms with Crippen LogP contribution in [0.15, 0.2) is 30.5 Å². The normalized spacial score (nSPS) is 9.62. The van der Waals surface area contributed by atoms with Crippen molar-refractivity contribution in [3.05, 3.63) is 36.0 Å². The van der Waals surface area contributed by atoms with Crippen LogP contribution < -0.4 is 0 Å². The molecule has 0 unspecified atom stereocenters. The Kier molecular flexibility index (Phi) is 2.92. The van der Waals surface area contributed by atoms with E-state index in [4.69, 9.17) is 0 Å². The summed E-state index contributed by atoms with van der Waals surface area (Å²) in [7, 11) is 0. The van der Waals surface area contributed by atoms with Gasteiger partial charge in [0, 0.05) is 34.5 Å². The molecule has 0 fully saturated rings. The first-order valence-corrected chi connectivity index (χ1v) is 3.82. The van der Waals surface area contributed by atoms with Crippen LogP contribution in [0, 0.1) is 6.92 Å². The second-order valence-electron chi connectivity index (χ2n) is 2.78. The maximum atomic E-state index is 9.39. The highest BCUT2D eigenvalue weighted by Crippen LogP contribution is 2.23. The number of fused-ring (bicyclic) bond motifs is 1. The summed E-state index contributed by atoms with van der Waals surface area (Å²) in [5.41, 5.74) is 1.81. The van der Waals surface area contributed by atoms with Crippen LogP contribution in [0.25, 0.3) is 10.9 Å². The van der Waals surface area contributed by atoms with Crippen LogP contribution in [0.1, 0.15) is 5.56 Å². The molecule has 1 heterocycles. The molecule has 0 bridgehead atoms. The van der Waals surface area contributed by atoms with Crippen LogP contribution in [-0.4, -0.2) is 27.5 Å². The van der Waals surface area contributed by atoms with E-state index in [1.807, 2.05) is 25.1 Å². The van der Waals surface area contributed by atoms with E-state index in [1.54, 1.807) is 12.3 Å². The van der Waals surface area contributed by atoms with Crippen LogP contribution >= 0.6 is 0 Å². The molecule has 1 aromatic carbocycles. The summed E-state index contributed by atoms with van der Waals surface area (Å²) < 4.78 is 0. The van der Waals surface area contributed by atoms with Gasteiger partial charge in [0.1, 0.15) is 5.75 Å². The SMILES string of the molecule is Cc1c(O)ccc2ncccc12.[Al]. The third kappa shape index (κ3) is 1.67. The highest BCUT2D eigenvalue weighted by Gasteiger charge is 2.00. The number of aromatic nitrogens is 1. The van der Waals surface area contributed by atoms with Crippen molar-refractivity contribution in [2.75, 3.05) is 0 Å². The lowest BCUT2D eigenvalue weighted by molar-refractivity contribution is 0.472. The summed E-state index contributed by atoms with van der Waals surface area (Å²) in [4.78, 5) is 4.17. The molecule has 0 aliphatic rings. The average Bonchev–Trinajstić information content (AvgIpc) is 2.12. The predicted molar refractivity (Wildman–Crippen MR) is 53.9 cm³/mol. The van der Waals surface area contributed by atoms with Crippen molar-refractivity contribution in [2.24, 2.45) is 0 Å². The van der Waals surface area contributed by atoms with E-state index >= 15 is 0 Å². The Bertz CT molecular complexity index is 428. The van der Waals surface area contributed by atoms with E-state index in [2.05, 4.69) is 4.98 Å². The quantitative estimate of drug-likeness (QED) is 0.637. The Hall–Kier alpha value is -1.04. The Morgan fingerprint density at radius 3 is 2.77 bits per heavy atom. The van der Waals surface area contributed by atoms with Gasteiger partial charge in [-0.15, -0.1) is 0 Å². The molecule has 2 aromatic rings. The molecule has 3 heteroatoms. The Balaban J connectivity index is 0.000000845. The van der Waals surface area contributed by atoms with Gasteiger partial charge in [0.05, 0.1) is 5.52 Å². The largest absolute Gasteiger partial charge is 0.508 e. The second-order valence-corrected chi connectivity index (χ2v) is 2.78. The molecule has 0 saturated carbocycles. The van der Waals surface area contributed by atoms with Crippen LogP contribution in [0.5, 0.6) is 5.75 Å². The van der Waals surface area contributed by atoms with E-state index in [0.29, 0.717) is 5.75 Å². The number of phenolic OH excluding ortho intramolecular Hbond substituents is 1. The highest BCUT2D eigenvalue weighted by atomic mass is 27.0. The number of aromatic hydroxyl groups is 1. The van der Waals surface area contributed by atoms with Crippen LogP contribution in [0.2, 0.25) is 0 Å². The minimum absolute atomic E-state index is 0. The van der Waals surface area contributed by atoms with Gasteiger partial charge in [0.15, 0.2) is 0 Å². The minimum Gasteiger partial charge on any atom is -0.508 e. The van der Waals surface area contributed by atoms with Gasteiger partial charge < -0.3 is 5.11 Å². The van der Waals surface area contributed by atoms with Gasteiger partial charge >= 0.3 is 0 Å². The molecule has 1 aromatic heterocycles. The van der Waals surface area contributed by atoms with E-state index in [9.17, 15) is 5.11 Å². The van der Waals surface area contributed by atoms with Crippen molar-refractivity contribution in [2.45, 2.75) is 6.92 Å². The maximum Gasteiger partial charge on any atom is 0.119 e. The molecule has 0 aliphatic carbocycles. The molecule has 0 saturated heterocycles. The number of hydrogen-bond acceptors (Lipinski definition) is 2. The molecule has 2 rings (SSSR count). The molecule has 1 N–H and O–H groups in total. The van der Waals surface area contributed by atoms with Crippen LogP contribution in [-0.2, 0) is 0 Å². The third-order valence-corrected chi connectivity index (χ3v) is 2.03. The Labute approximate surface area is 87.4 Å². The molecule has 3 radical (unpaired) electrons. The molecule has 2 nitrogen and oxygen atoms in total. The summed E-state index contributed by atoms with van der Waals surface area (Å²) in [6.07, 6.45) is 1.75. The topological polar surface area (TPSA) is 33.1 Å². The molecular weight excluding hydrogens is 177 g/mol. The number of pyridine rings is 1. The van der Waals surface area contributed by atoms with Crippen molar-refractivity contribution in [3.63, 3.8) is 0 Å². The standard InChI is InChI=1S/C10H9NO.Al/c1-7-8-3-2-6-11-9(8)4-5-10(7)12;/h2-6,12H,1H3;. The first-order valence-electron chi connectivity index (χ1n) is 3.82. The van der Waals surface area contributed by atoms with Gasteiger partial charge in [-0.2, -0.15) is 0 Å². The summed E-state index contributed by atoms with van der Waals surface area (Å²) in [6.45, 7) is 1.89. The Morgan fingerprint density at radius 1 is 1.23 bits per heavy atom. The zero-order valence-corrected chi connectivity index (χ0v) is 8.51. The molecule has 63 valence electrons. The van der Waals surface area contributed by atoms with Gasteiger partial charge in [-0.05, 0) is 25.1 Å². The van der Waals surface area contributed by atoms with E-state index in [-0.39, 0.29) is 17.4 Å². The van der Waals surface area contributed by atoms with Gasteiger partial charge in [0.25, 0.3) is 0 Å². The van der Waals surface area contributed by atoms with E-state index < -0.39 is 0 Å². The number of nitrogens with zero attached hydrogens (tertiary/aromatic N) is 1. The fraction of sp³-hybridized carbons (Fsp3) is 0.100. The van der Waals surface area contributed by atoms with Gasteiger partial charge in [-0.1, -0.05) is 6.07 Å². The molecule has 0 amide bonds. The van der Waals surface area contributed by atoms with Crippen molar-refractivity contribution < 1.29 is 5.11 Å². The van der Waals surface area contributed by atoms with Crippen LogP contribution in [0.3, 0.4) is 0 Å². The fourth-order valence-corrected chi connectivity index (χ4v) is 1.29. The van der Waals surface area contributed by atoms with E-state index in [1.165, 1.54) is 0 Å². The summed E-state index contributed by atoms with van der Waals surface area (Å²) in [5, 5.41) is 10.4. The number of benzene rings is 1. The first-order chi connectivity index (χ1) is 5.79. The smallest absolute Gasteiger partial charge is 0.119 e. The van der Waals surface area contributed by atoms with Gasteiger partial charge in [-0.25, -0.2) is 0 Å². The summed E-state index contributed by atoms with van der Waals surface area (Å²) in [5.74, 6) is 0.329. The van der Waals surface area contributed by atoms with Crippen molar-refractivity contribution in [1.82, 2.24) is 4.98 Å². The fourth-order valence-electron chi connectivity index (χ4n) is 1.29. The van der Waals surface area contributed by atoms with Crippen molar-refractivity contribution in [1.29, 1.82) is 0 Å². The molecular formula is C10H9AlNO. The average molecular weight is 186 g/mol. The molecule has 0 aliphatic heterocycles. The van der Waals surface area contributed by atoms with Gasteiger partial charge in [0.2, 0.25) is 0 Å². The number of phenols is 1. The zero-order valence-electron chi connectivity index (χ0n) is 7.36. The van der Waals surface area contributed by atoms with Crippen molar-refractivity contribution in [3.8, 4) is 5.75 Å². The summed E-state index contributed by atoms with van der Waals surface area (Å²) in [6, 6.07) is 7.31. The molecule has 13 heavy (non-hydrogen) atoms. The maximum absolute atomic E-state index is 9.39. The lowest BCUT2D eigenvalue weighted by Crippen LogP contribution is -1.81. The third-order valence-electron chi connectivity index (χ3n) is 2.03.